The minimum atomic E-state index is -0.0291. The smallest absolute Gasteiger partial charge is 0.254 e. The average Bonchev–Trinajstić information content (AvgIpc) is 2.61. The standard InChI is InChI=1S/C19H22N2O3/c1-12-16-11-18(24-3)17(23-2)10-14(16)8-9-21(12)19(22)13-4-6-15(20)7-5-13/h4-7,10-12H,8-9,20H2,1-3H3. The first-order chi connectivity index (χ1) is 11.5. The van der Waals surface area contributed by atoms with E-state index in [0.29, 0.717) is 23.5 Å². The van der Waals surface area contributed by atoms with Gasteiger partial charge in [-0.05, 0) is 60.9 Å². The number of nitrogen functional groups attached to an aromatic ring is 1. The predicted molar refractivity (Wildman–Crippen MR) is 93.6 cm³/mol. The average molecular weight is 326 g/mol. The number of methoxy groups -OCH3 is 2. The molecule has 1 heterocycles. The van der Waals surface area contributed by atoms with Gasteiger partial charge in [-0.15, -0.1) is 0 Å². The van der Waals surface area contributed by atoms with E-state index in [0.717, 1.165) is 17.7 Å². The fourth-order valence-corrected chi connectivity index (χ4v) is 3.21. The van der Waals surface area contributed by atoms with Crippen molar-refractivity contribution in [3.63, 3.8) is 0 Å². The van der Waals surface area contributed by atoms with E-state index < -0.39 is 0 Å². The van der Waals surface area contributed by atoms with Gasteiger partial charge in [-0.2, -0.15) is 0 Å². The highest BCUT2D eigenvalue weighted by molar-refractivity contribution is 5.95. The normalized spacial score (nSPS) is 16.5. The van der Waals surface area contributed by atoms with Gasteiger partial charge in [0.1, 0.15) is 0 Å². The van der Waals surface area contributed by atoms with Gasteiger partial charge in [-0.3, -0.25) is 4.79 Å². The molecular formula is C19H22N2O3. The van der Waals surface area contributed by atoms with E-state index in [9.17, 15) is 4.79 Å². The van der Waals surface area contributed by atoms with Gasteiger partial charge in [0.2, 0.25) is 0 Å². The topological polar surface area (TPSA) is 64.8 Å². The Morgan fingerprint density at radius 3 is 2.38 bits per heavy atom. The number of hydrogen-bond donors (Lipinski definition) is 1. The van der Waals surface area contributed by atoms with Crippen LogP contribution in [0.2, 0.25) is 0 Å². The number of carbonyl (C=O) groups excluding carboxylic acids is 1. The van der Waals surface area contributed by atoms with Gasteiger partial charge >= 0.3 is 0 Å². The minimum absolute atomic E-state index is 0.0166. The largest absolute Gasteiger partial charge is 0.493 e. The van der Waals surface area contributed by atoms with Crippen LogP contribution >= 0.6 is 0 Å². The van der Waals surface area contributed by atoms with Crippen molar-refractivity contribution in [3.8, 4) is 11.5 Å². The zero-order valence-corrected chi connectivity index (χ0v) is 14.2. The van der Waals surface area contributed by atoms with Gasteiger partial charge in [-0.25, -0.2) is 0 Å². The minimum Gasteiger partial charge on any atom is -0.493 e. The molecule has 2 aromatic rings. The molecule has 3 rings (SSSR count). The van der Waals surface area contributed by atoms with Gasteiger partial charge in [0.05, 0.1) is 20.3 Å². The molecule has 0 saturated heterocycles. The lowest BCUT2D eigenvalue weighted by Gasteiger charge is -2.36. The molecule has 126 valence electrons. The summed E-state index contributed by atoms with van der Waals surface area (Å²) in [4.78, 5) is 14.7. The molecule has 1 unspecified atom stereocenters. The number of amides is 1. The van der Waals surface area contributed by atoms with Crippen molar-refractivity contribution in [2.24, 2.45) is 0 Å². The lowest BCUT2D eigenvalue weighted by Crippen LogP contribution is -2.38. The van der Waals surface area contributed by atoms with E-state index in [4.69, 9.17) is 15.2 Å². The number of rotatable bonds is 3. The number of nitrogens with two attached hydrogens (primary N) is 1. The van der Waals surface area contributed by atoms with E-state index in [-0.39, 0.29) is 11.9 Å². The second kappa shape index (κ2) is 6.43. The summed E-state index contributed by atoms with van der Waals surface area (Å²) in [6.07, 6.45) is 0.792. The molecule has 5 heteroatoms. The first-order valence-electron chi connectivity index (χ1n) is 7.96. The van der Waals surface area contributed by atoms with Crippen LogP contribution < -0.4 is 15.2 Å². The molecule has 0 spiro atoms. The van der Waals surface area contributed by atoms with Crippen LogP contribution in [0.1, 0.15) is 34.5 Å². The van der Waals surface area contributed by atoms with Crippen LogP contribution in [-0.4, -0.2) is 31.6 Å². The molecule has 2 N–H and O–H groups in total. The van der Waals surface area contributed by atoms with E-state index in [1.807, 2.05) is 24.0 Å². The molecule has 1 amide bonds. The summed E-state index contributed by atoms with van der Waals surface area (Å²) in [6, 6.07) is 11.0. The quantitative estimate of drug-likeness (QED) is 0.881. The van der Waals surface area contributed by atoms with E-state index in [1.54, 1.807) is 38.5 Å². The zero-order chi connectivity index (χ0) is 17.3. The molecule has 5 nitrogen and oxygen atoms in total. The fraction of sp³-hybridized carbons (Fsp3) is 0.316. The third-order valence-corrected chi connectivity index (χ3v) is 4.60. The lowest BCUT2D eigenvalue weighted by molar-refractivity contribution is 0.0677. The Balaban J connectivity index is 1.92. The molecule has 2 aromatic carbocycles. The van der Waals surface area contributed by atoms with Gasteiger partial charge < -0.3 is 20.1 Å². The predicted octanol–water partition coefficient (Wildman–Crippen LogP) is 3.05. The summed E-state index contributed by atoms with van der Waals surface area (Å²) in [5, 5.41) is 0. The monoisotopic (exact) mass is 326 g/mol. The molecule has 0 fully saturated rings. The Hall–Kier alpha value is -2.69. The van der Waals surface area contributed by atoms with Crippen LogP contribution in [0.25, 0.3) is 0 Å². The Bertz CT molecular complexity index is 756. The van der Waals surface area contributed by atoms with Crippen molar-refractivity contribution >= 4 is 11.6 Å². The molecule has 0 bridgehead atoms. The Morgan fingerprint density at radius 1 is 1.12 bits per heavy atom. The summed E-state index contributed by atoms with van der Waals surface area (Å²) >= 11 is 0. The molecule has 0 saturated carbocycles. The first-order valence-corrected chi connectivity index (χ1v) is 7.96. The summed E-state index contributed by atoms with van der Waals surface area (Å²) in [5.74, 6) is 1.43. The number of benzene rings is 2. The summed E-state index contributed by atoms with van der Waals surface area (Å²) in [7, 11) is 3.25. The molecule has 1 aliphatic heterocycles. The van der Waals surface area contributed by atoms with Crippen molar-refractivity contribution in [3.05, 3.63) is 53.1 Å². The molecule has 0 aromatic heterocycles. The maximum Gasteiger partial charge on any atom is 0.254 e. The molecule has 24 heavy (non-hydrogen) atoms. The van der Waals surface area contributed by atoms with Crippen LogP contribution in [0.3, 0.4) is 0 Å². The third kappa shape index (κ3) is 2.77. The van der Waals surface area contributed by atoms with Crippen molar-refractivity contribution < 1.29 is 14.3 Å². The number of anilines is 1. The van der Waals surface area contributed by atoms with Crippen molar-refractivity contribution in [2.75, 3.05) is 26.5 Å². The number of fused-ring (bicyclic) bond motifs is 1. The second-order valence-electron chi connectivity index (χ2n) is 5.95. The fourth-order valence-electron chi connectivity index (χ4n) is 3.21. The molecule has 0 radical (unpaired) electrons. The van der Waals surface area contributed by atoms with Crippen LogP contribution in [0.15, 0.2) is 36.4 Å². The number of nitrogens with zero attached hydrogens (tertiary/aromatic N) is 1. The molecule has 1 atom stereocenters. The van der Waals surface area contributed by atoms with E-state index in [1.165, 1.54) is 5.56 Å². The molecular weight excluding hydrogens is 304 g/mol. The SMILES string of the molecule is COc1cc2c(cc1OC)C(C)N(C(=O)c1ccc(N)cc1)CC2. The van der Waals surface area contributed by atoms with Gasteiger partial charge in [0.25, 0.3) is 5.91 Å². The van der Waals surface area contributed by atoms with E-state index in [2.05, 4.69) is 0 Å². The Morgan fingerprint density at radius 2 is 1.75 bits per heavy atom. The highest BCUT2D eigenvalue weighted by atomic mass is 16.5. The number of hydrogen-bond acceptors (Lipinski definition) is 4. The van der Waals surface area contributed by atoms with Crippen molar-refractivity contribution in [1.29, 1.82) is 0 Å². The second-order valence-corrected chi connectivity index (χ2v) is 5.95. The summed E-state index contributed by atoms with van der Waals surface area (Å²) in [6.45, 7) is 2.71. The maximum absolute atomic E-state index is 12.8. The number of carbonyl (C=O) groups is 1. The highest BCUT2D eigenvalue weighted by Crippen LogP contribution is 2.38. The highest BCUT2D eigenvalue weighted by Gasteiger charge is 2.29. The van der Waals surface area contributed by atoms with Crippen LogP contribution in [0.5, 0.6) is 11.5 Å². The Kier molecular flexibility index (Phi) is 4.34. The third-order valence-electron chi connectivity index (χ3n) is 4.60. The zero-order valence-electron chi connectivity index (χ0n) is 14.2. The molecule has 1 aliphatic rings. The Labute approximate surface area is 142 Å². The lowest BCUT2D eigenvalue weighted by atomic mass is 9.92. The number of ether oxygens (including phenoxy) is 2. The van der Waals surface area contributed by atoms with Gasteiger partial charge in [0.15, 0.2) is 11.5 Å². The van der Waals surface area contributed by atoms with Gasteiger partial charge in [0, 0.05) is 17.8 Å². The molecule has 0 aliphatic carbocycles. The van der Waals surface area contributed by atoms with Crippen LogP contribution in [0.4, 0.5) is 5.69 Å². The summed E-state index contributed by atoms with van der Waals surface area (Å²) in [5.41, 5.74) is 9.31. The van der Waals surface area contributed by atoms with Crippen molar-refractivity contribution in [2.45, 2.75) is 19.4 Å². The van der Waals surface area contributed by atoms with Crippen molar-refractivity contribution in [1.82, 2.24) is 4.90 Å². The first kappa shape index (κ1) is 16.2. The van der Waals surface area contributed by atoms with E-state index >= 15 is 0 Å². The maximum atomic E-state index is 12.8. The van der Waals surface area contributed by atoms with Gasteiger partial charge in [-0.1, -0.05) is 0 Å². The summed E-state index contributed by atoms with van der Waals surface area (Å²) < 4.78 is 10.8. The van der Waals surface area contributed by atoms with Crippen LogP contribution in [0, 0.1) is 0 Å². The van der Waals surface area contributed by atoms with Crippen LogP contribution in [-0.2, 0) is 6.42 Å².